The minimum atomic E-state index is -1.12. The number of aromatic carboxylic acids is 1. The van der Waals surface area contributed by atoms with Gasteiger partial charge in [-0.15, -0.1) is 0 Å². The Balaban J connectivity index is 1.81. The normalized spacial score (nSPS) is 10.7. The molecule has 1 aromatic heterocycles. The van der Waals surface area contributed by atoms with E-state index in [9.17, 15) is 14.0 Å². The Labute approximate surface area is 176 Å². The van der Waals surface area contributed by atoms with Gasteiger partial charge in [0.05, 0.1) is 12.3 Å². The number of carboxylic acids is 1. The summed E-state index contributed by atoms with van der Waals surface area (Å²) in [6, 6.07) is 10.9. The molecule has 0 bridgehead atoms. The molecule has 1 amide bonds. The van der Waals surface area contributed by atoms with Crippen molar-refractivity contribution in [3.05, 3.63) is 70.5 Å². The maximum Gasteiger partial charge on any atom is 0.347 e. The van der Waals surface area contributed by atoms with Crippen LogP contribution in [0, 0.1) is 5.82 Å². The number of aromatic nitrogens is 1. The van der Waals surface area contributed by atoms with Gasteiger partial charge in [0.2, 0.25) is 0 Å². The fourth-order valence-corrected chi connectivity index (χ4v) is 3.15. The third-order valence-electron chi connectivity index (χ3n) is 3.80. The van der Waals surface area contributed by atoms with Gasteiger partial charge >= 0.3 is 5.97 Å². The number of benzene rings is 2. The topological polar surface area (TPSA) is 97.8 Å². The van der Waals surface area contributed by atoms with E-state index in [-0.39, 0.29) is 34.1 Å². The molecule has 0 atom stereocenters. The number of anilines is 1. The first-order valence-corrected chi connectivity index (χ1v) is 9.82. The second-order valence-corrected chi connectivity index (χ2v) is 7.56. The highest BCUT2D eigenvalue weighted by Crippen LogP contribution is 2.26. The van der Waals surface area contributed by atoms with Crippen molar-refractivity contribution in [2.75, 3.05) is 5.32 Å². The van der Waals surface area contributed by atoms with Crippen molar-refractivity contribution in [2.24, 2.45) is 0 Å². The Morgan fingerprint density at radius 2 is 1.93 bits per heavy atom. The van der Waals surface area contributed by atoms with Gasteiger partial charge in [-0.2, -0.15) is 0 Å². The number of halogens is 1. The molecule has 0 aliphatic rings. The van der Waals surface area contributed by atoms with Crippen LogP contribution in [0.2, 0.25) is 0 Å². The number of ether oxygens (including phenoxy) is 2. The first-order chi connectivity index (χ1) is 14.3. The zero-order chi connectivity index (χ0) is 21.7. The highest BCUT2D eigenvalue weighted by atomic mass is 32.1. The Hall–Kier alpha value is -3.46. The third kappa shape index (κ3) is 5.54. The Kier molecular flexibility index (Phi) is 6.63. The number of carbonyl (C=O) groups excluding carboxylic acids is 1. The number of carbonyl (C=O) groups is 2. The molecule has 0 spiro atoms. The number of nitrogens with one attached hydrogen (secondary N) is 1. The number of carboxylic acid groups (broad SMARTS) is 1. The first-order valence-electron chi connectivity index (χ1n) is 9.00. The van der Waals surface area contributed by atoms with E-state index in [2.05, 4.69) is 10.3 Å². The van der Waals surface area contributed by atoms with Crippen LogP contribution < -0.4 is 14.8 Å². The van der Waals surface area contributed by atoms with Gasteiger partial charge in [0.25, 0.3) is 5.91 Å². The highest BCUT2D eigenvalue weighted by molar-refractivity contribution is 7.17. The van der Waals surface area contributed by atoms with Crippen molar-refractivity contribution in [1.82, 2.24) is 4.98 Å². The van der Waals surface area contributed by atoms with Gasteiger partial charge in [-0.3, -0.25) is 10.1 Å². The molecule has 3 aromatic rings. The monoisotopic (exact) mass is 430 g/mol. The number of thiazole rings is 1. The van der Waals surface area contributed by atoms with E-state index in [1.165, 1.54) is 24.4 Å². The van der Waals surface area contributed by atoms with Crippen LogP contribution in [0.5, 0.6) is 11.5 Å². The van der Waals surface area contributed by atoms with E-state index in [1.807, 2.05) is 13.8 Å². The smallest absolute Gasteiger partial charge is 0.347 e. The molecule has 0 saturated carbocycles. The molecule has 2 aromatic carbocycles. The van der Waals surface area contributed by atoms with Crippen LogP contribution in [-0.4, -0.2) is 28.1 Å². The van der Waals surface area contributed by atoms with Crippen LogP contribution in [0.15, 0.2) is 48.7 Å². The van der Waals surface area contributed by atoms with Crippen molar-refractivity contribution >= 4 is 28.3 Å². The average molecular weight is 430 g/mol. The summed E-state index contributed by atoms with van der Waals surface area (Å²) in [5, 5.41) is 11.7. The molecule has 2 N–H and O–H groups in total. The van der Waals surface area contributed by atoms with Gasteiger partial charge in [-0.1, -0.05) is 29.5 Å². The van der Waals surface area contributed by atoms with Crippen molar-refractivity contribution in [3.63, 3.8) is 0 Å². The van der Waals surface area contributed by atoms with Gasteiger partial charge in [-0.05, 0) is 32.0 Å². The van der Waals surface area contributed by atoms with Crippen molar-refractivity contribution in [3.8, 4) is 11.5 Å². The van der Waals surface area contributed by atoms with Crippen molar-refractivity contribution in [1.29, 1.82) is 0 Å². The van der Waals surface area contributed by atoms with Crippen LogP contribution in [0.25, 0.3) is 0 Å². The van der Waals surface area contributed by atoms with E-state index in [1.54, 1.807) is 24.3 Å². The summed E-state index contributed by atoms with van der Waals surface area (Å²) in [7, 11) is 0. The summed E-state index contributed by atoms with van der Waals surface area (Å²) >= 11 is 0.845. The lowest BCUT2D eigenvalue weighted by Crippen LogP contribution is -2.13. The van der Waals surface area contributed by atoms with E-state index < -0.39 is 11.9 Å². The Bertz CT molecular complexity index is 1070. The van der Waals surface area contributed by atoms with E-state index >= 15 is 0 Å². The fraction of sp³-hybridized carbons (Fsp3) is 0.190. The van der Waals surface area contributed by atoms with Crippen LogP contribution in [0.3, 0.4) is 0 Å². The molecule has 0 aliphatic heterocycles. The van der Waals surface area contributed by atoms with E-state index in [0.717, 1.165) is 11.3 Å². The molecule has 0 radical (unpaired) electrons. The quantitative estimate of drug-likeness (QED) is 0.542. The number of amides is 1. The minimum absolute atomic E-state index is 0.0103. The Morgan fingerprint density at radius 3 is 2.60 bits per heavy atom. The van der Waals surface area contributed by atoms with Crippen LogP contribution in [0.4, 0.5) is 9.52 Å². The van der Waals surface area contributed by atoms with Gasteiger partial charge in [-0.25, -0.2) is 14.2 Å². The summed E-state index contributed by atoms with van der Waals surface area (Å²) in [5.41, 5.74) is 0.603. The molecule has 0 aliphatic carbocycles. The summed E-state index contributed by atoms with van der Waals surface area (Å²) in [6.07, 6.45) is 1.03. The lowest BCUT2D eigenvalue weighted by molar-refractivity contribution is 0.0701. The molecule has 0 fully saturated rings. The summed E-state index contributed by atoms with van der Waals surface area (Å²) in [5.74, 6) is -1.28. The van der Waals surface area contributed by atoms with Gasteiger partial charge < -0.3 is 14.6 Å². The number of nitrogens with zero attached hydrogens (tertiary/aromatic N) is 1. The number of hydrogen-bond acceptors (Lipinski definition) is 6. The molecule has 30 heavy (non-hydrogen) atoms. The number of rotatable bonds is 8. The molecule has 0 saturated heterocycles. The van der Waals surface area contributed by atoms with Crippen molar-refractivity contribution < 1.29 is 28.6 Å². The predicted octanol–water partition coefficient (Wildman–Crippen LogP) is 4.60. The fourth-order valence-electron chi connectivity index (χ4n) is 2.50. The Morgan fingerprint density at radius 1 is 1.20 bits per heavy atom. The molecule has 0 unspecified atom stereocenters. The van der Waals surface area contributed by atoms with Crippen LogP contribution in [-0.2, 0) is 6.61 Å². The molecule has 9 heteroatoms. The zero-order valence-electron chi connectivity index (χ0n) is 16.2. The second kappa shape index (κ2) is 9.36. The highest BCUT2D eigenvalue weighted by Gasteiger charge is 2.15. The SMILES string of the molecule is CC(C)Oc1cc(OCc2ccccc2F)cc(C(=O)Nc2ncc(C(=O)O)s2)c1. The van der Waals surface area contributed by atoms with Gasteiger partial charge in [0.1, 0.15) is 28.8 Å². The number of hydrogen-bond donors (Lipinski definition) is 2. The second-order valence-electron chi connectivity index (χ2n) is 6.53. The van der Waals surface area contributed by atoms with Crippen LogP contribution >= 0.6 is 11.3 Å². The third-order valence-corrected chi connectivity index (χ3v) is 4.70. The average Bonchev–Trinajstić information content (AvgIpc) is 3.15. The maximum absolute atomic E-state index is 13.8. The molecule has 156 valence electrons. The standard InChI is InChI=1S/C21H19FN2O5S/c1-12(2)29-16-8-14(19(25)24-21-23-10-18(30-21)20(26)27)7-15(9-16)28-11-13-5-3-4-6-17(13)22/h3-10,12H,11H2,1-2H3,(H,26,27)(H,23,24,25). The summed E-state index contributed by atoms with van der Waals surface area (Å²) in [4.78, 5) is 27.5. The molecular formula is C21H19FN2O5S. The molecule has 7 nitrogen and oxygen atoms in total. The largest absolute Gasteiger partial charge is 0.491 e. The first kappa shape index (κ1) is 21.3. The lowest BCUT2D eigenvalue weighted by Gasteiger charge is -2.14. The molecular weight excluding hydrogens is 411 g/mol. The van der Waals surface area contributed by atoms with Crippen LogP contribution in [0.1, 0.15) is 39.4 Å². The molecule has 3 rings (SSSR count). The summed E-state index contributed by atoms with van der Waals surface area (Å²) in [6.45, 7) is 3.67. The maximum atomic E-state index is 13.8. The lowest BCUT2D eigenvalue weighted by atomic mass is 10.2. The summed E-state index contributed by atoms with van der Waals surface area (Å²) < 4.78 is 25.2. The van der Waals surface area contributed by atoms with Gasteiger partial charge in [0, 0.05) is 17.2 Å². The van der Waals surface area contributed by atoms with Crippen molar-refractivity contribution in [2.45, 2.75) is 26.6 Å². The molecule has 1 heterocycles. The van der Waals surface area contributed by atoms with Gasteiger partial charge in [0.15, 0.2) is 5.13 Å². The van der Waals surface area contributed by atoms with E-state index in [0.29, 0.717) is 17.1 Å². The van der Waals surface area contributed by atoms with E-state index in [4.69, 9.17) is 14.6 Å². The minimum Gasteiger partial charge on any atom is -0.491 e. The predicted molar refractivity (Wildman–Crippen MR) is 110 cm³/mol. The zero-order valence-corrected chi connectivity index (χ0v) is 17.0.